The minimum Gasteiger partial charge on any atom is -0.337 e. The fraction of sp³-hybridized carbons (Fsp3) is 0.200. The van der Waals surface area contributed by atoms with Crippen LogP contribution in [0.4, 0.5) is 0 Å². The molecule has 4 aromatic rings. The summed E-state index contributed by atoms with van der Waals surface area (Å²) in [4.78, 5) is 23.4. The van der Waals surface area contributed by atoms with E-state index < -0.39 is 0 Å². The highest BCUT2D eigenvalue weighted by atomic mass is 16.5. The van der Waals surface area contributed by atoms with E-state index in [9.17, 15) is 4.79 Å². The maximum Gasteiger partial charge on any atom is 0.272 e. The first kappa shape index (κ1) is 18.5. The van der Waals surface area contributed by atoms with E-state index in [1.165, 1.54) is 12.7 Å². The number of benzene rings is 1. The topological polar surface area (TPSA) is 103 Å². The Labute approximate surface area is 167 Å². The van der Waals surface area contributed by atoms with Crippen LogP contribution in [0.1, 0.15) is 28.9 Å². The Morgan fingerprint density at radius 3 is 2.66 bits per heavy atom. The van der Waals surface area contributed by atoms with E-state index in [1.54, 1.807) is 27.7 Å². The van der Waals surface area contributed by atoms with Crippen molar-refractivity contribution in [3.05, 3.63) is 72.3 Å². The average Bonchev–Trinajstić information content (AvgIpc) is 3.44. The van der Waals surface area contributed by atoms with Crippen molar-refractivity contribution in [1.29, 1.82) is 0 Å². The third kappa shape index (κ3) is 4.03. The van der Waals surface area contributed by atoms with Gasteiger partial charge in [-0.3, -0.25) is 9.36 Å². The average molecular weight is 389 g/mol. The first-order valence-corrected chi connectivity index (χ1v) is 9.15. The third-order valence-corrected chi connectivity index (χ3v) is 4.38. The molecule has 0 N–H and O–H groups in total. The maximum atomic E-state index is 13.0. The highest BCUT2D eigenvalue weighted by Gasteiger charge is 2.20. The fourth-order valence-electron chi connectivity index (χ4n) is 2.88. The Kier molecular flexibility index (Phi) is 5.10. The lowest BCUT2D eigenvalue weighted by Crippen LogP contribution is -2.31. The van der Waals surface area contributed by atoms with Gasteiger partial charge in [0.25, 0.3) is 5.91 Å². The van der Waals surface area contributed by atoms with Crippen molar-refractivity contribution in [3.8, 4) is 17.2 Å². The Balaban J connectivity index is 1.52. The van der Waals surface area contributed by atoms with Crippen LogP contribution in [0.15, 0.2) is 59.6 Å². The fourth-order valence-corrected chi connectivity index (χ4v) is 2.88. The highest BCUT2D eigenvalue weighted by molar-refractivity contribution is 5.92. The monoisotopic (exact) mass is 389 g/mol. The molecule has 0 fully saturated rings. The van der Waals surface area contributed by atoms with E-state index in [4.69, 9.17) is 4.52 Å². The van der Waals surface area contributed by atoms with Gasteiger partial charge >= 0.3 is 0 Å². The van der Waals surface area contributed by atoms with Crippen LogP contribution in [0.3, 0.4) is 0 Å². The summed E-state index contributed by atoms with van der Waals surface area (Å²) in [7, 11) is 0. The van der Waals surface area contributed by atoms with E-state index in [1.807, 2.05) is 38.1 Å². The molecule has 0 unspecified atom stereocenters. The van der Waals surface area contributed by atoms with E-state index in [-0.39, 0.29) is 12.5 Å². The first-order valence-electron chi connectivity index (χ1n) is 9.15. The predicted octanol–water partition coefficient (Wildman–Crippen LogP) is 2.68. The van der Waals surface area contributed by atoms with E-state index in [2.05, 4.69) is 25.3 Å². The molecule has 0 atom stereocenters. The van der Waals surface area contributed by atoms with Crippen molar-refractivity contribution in [2.24, 2.45) is 0 Å². The van der Waals surface area contributed by atoms with Crippen LogP contribution < -0.4 is 0 Å². The van der Waals surface area contributed by atoms with Gasteiger partial charge in [0, 0.05) is 12.1 Å². The third-order valence-electron chi connectivity index (χ3n) is 4.38. The van der Waals surface area contributed by atoms with Crippen LogP contribution in [0.25, 0.3) is 17.2 Å². The SMILES string of the molecule is CCN(Cc1nc(-c2cccc(C)c2)no1)C(=O)c1cccc(-n2cnnc2)n1. The molecule has 0 saturated heterocycles. The van der Waals surface area contributed by atoms with Crippen molar-refractivity contribution in [1.82, 2.24) is 34.8 Å². The van der Waals surface area contributed by atoms with Crippen LogP contribution in [0.5, 0.6) is 0 Å². The minimum atomic E-state index is -0.224. The largest absolute Gasteiger partial charge is 0.337 e. The number of nitrogens with zero attached hydrogens (tertiary/aromatic N) is 7. The number of aryl methyl sites for hydroxylation is 1. The molecule has 29 heavy (non-hydrogen) atoms. The molecule has 1 aromatic carbocycles. The molecule has 0 aliphatic heterocycles. The van der Waals surface area contributed by atoms with Gasteiger partial charge in [-0.05, 0) is 32.0 Å². The lowest BCUT2D eigenvalue weighted by molar-refractivity contribution is 0.0728. The van der Waals surface area contributed by atoms with Gasteiger partial charge in [-0.25, -0.2) is 4.98 Å². The van der Waals surface area contributed by atoms with E-state index >= 15 is 0 Å². The molecule has 0 aliphatic rings. The van der Waals surface area contributed by atoms with Gasteiger partial charge in [-0.2, -0.15) is 4.98 Å². The molecule has 4 rings (SSSR count). The van der Waals surface area contributed by atoms with Crippen molar-refractivity contribution in [2.75, 3.05) is 6.54 Å². The van der Waals surface area contributed by atoms with Crippen LogP contribution >= 0.6 is 0 Å². The number of aromatic nitrogens is 6. The summed E-state index contributed by atoms with van der Waals surface area (Å²) in [6.45, 7) is 4.56. The minimum absolute atomic E-state index is 0.201. The van der Waals surface area contributed by atoms with Crippen molar-refractivity contribution >= 4 is 5.91 Å². The summed E-state index contributed by atoms with van der Waals surface area (Å²) in [5, 5.41) is 11.6. The normalized spacial score (nSPS) is 10.8. The Morgan fingerprint density at radius 1 is 1.10 bits per heavy atom. The maximum absolute atomic E-state index is 13.0. The summed E-state index contributed by atoms with van der Waals surface area (Å²) in [6.07, 6.45) is 3.05. The molecule has 146 valence electrons. The standard InChI is InChI=1S/C20H19N7O2/c1-3-26(11-18-24-19(25-29-18)15-7-4-6-14(2)10-15)20(28)16-8-5-9-17(23-16)27-12-21-22-13-27/h4-10,12-13H,3,11H2,1-2H3. The molecule has 9 heteroatoms. The molecule has 3 aromatic heterocycles. The van der Waals surface area contributed by atoms with Crippen LogP contribution in [0, 0.1) is 6.92 Å². The van der Waals surface area contributed by atoms with Gasteiger partial charge < -0.3 is 9.42 Å². The molecular formula is C20H19N7O2. The molecule has 0 spiro atoms. The van der Waals surface area contributed by atoms with Crippen LogP contribution in [-0.2, 0) is 6.54 Å². The van der Waals surface area contributed by atoms with Crippen molar-refractivity contribution < 1.29 is 9.32 Å². The molecule has 9 nitrogen and oxygen atoms in total. The molecule has 0 aliphatic carbocycles. The number of rotatable bonds is 6. The van der Waals surface area contributed by atoms with Crippen molar-refractivity contribution in [2.45, 2.75) is 20.4 Å². The summed E-state index contributed by atoms with van der Waals surface area (Å²) in [5.74, 6) is 1.21. The molecule has 0 radical (unpaired) electrons. The number of hydrogen-bond donors (Lipinski definition) is 0. The summed E-state index contributed by atoms with van der Waals surface area (Å²) >= 11 is 0. The van der Waals surface area contributed by atoms with Gasteiger partial charge in [0.05, 0.1) is 0 Å². The quantitative estimate of drug-likeness (QED) is 0.499. The lowest BCUT2D eigenvalue weighted by atomic mass is 10.1. The zero-order valence-corrected chi connectivity index (χ0v) is 16.1. The Morgan fingerprint density at radius 2 is 1.90 bits per heavy atom. The highest BCUT2D eigenvalue weighted by Crippen LogP contribution is 2.18. The number of pyridine rings is 1. The van der Waals surface area contributed by atoms with Crippen LogP contribution in [0.2, 0.25) is 0 Å². The lowest BCUT2D eigenvalue weighted by Gasteiger charge is -2.18. The second kappa shape index (κ2) is 8.01. The van der Waals surface area contributed by atoms with Gasteiger partial charge in [0.1, 0.15) is 30.7 Å². The van der Waals surface area contributed by atoms with Gasteiger partial charge in [0.2, 0.25) is 11.7 Å². The second-order valence-electron chi connectivity index (χ2n) is 6.45. The molecule has 0 bridgehead atoms. The molecular weight excluding hydrogens is 370 g/mol. The summed E-state index contributed by atoms with van der Waals surface area (Å²) < 4.78 is 7.00. The Bertz CT molecular complexity index is 1120. The van der Waals surface area contributed by atoms with Gasteiger partial charge in [-0.1, -0.05) is 35.0 Å². The number of carbonyl (C=O) groups is 1. The molecule has 1 amide bonds. The molecule has 3 heterocycles. The summed E-state index contributed by atoms with van der Waals surface area (Å²) in [6, 6.07) is 13.1. The first-order chi connectivity index (χ1) is 14.1. The number of carbonyl (C=O) groups excluding carboxylic acids is 1. The smallest absolute Gasteiger partial charge is 0.272 e. The van der Waals surface area contributed by atoms with E-state index in [0.29, 0.717) is 29.8 Å². The summed E-state index contributed by atoms with van der Waals surface area (Å²) in [5.41, 5.74) is 2.30. The van der Waals surface area contributed by atoms with Crippen molar-refractivity contribution in [3.63, 3.8) is 0 Å². The molecule has 0 saturated carbocycles. The predicted molar refractivity (Wildman–Crippen MR) is 104 cm³/mol. The Hall–Kier alpha value is -3.88. The van der Waals surface area contributed by atoms with Gasteiger partial charge in [-0.15, -0.1) is 10.2 Å². The van der Waals surface area contributed by atoms with E-state index in [0.717, 1.165) is 11.1 Å². The number of hydrogen-bond acceptors (Lipinski definition) is 7. The zero-order chi connectivity index (χ0) is 20.2. The zero-order valence-electron chi connectivity index (χ0n) is 16.1. The van der Waals surface area contributed by atoms with Gasteiger partial charge in [0.15, 0.2) is 0 Å². The second-order valence-corrected chi connectivity index (χ2v) is 6.45. The number of amides is 1. The van der Waals surface area contributed by atoms with Crippen LogP contribution in [-0.4, -0.2) is 47.2 Å².